The fourth-order valence-corrected chi connectivity index (χ4v) is 3.39. The lowest BCUT2D eigenvalue weighted by Gasteiger charge is -2.10. The van der Waals surface area contributed by atoms with Gasteiger partial charge in [0.2, 0.25) is 5.91 Å². The number of para-hydroxylation sites is 1. The number of carbonyl (C=O) groups is 2. The molecule has 0 bridgehead atoms. The molecule has 1 N–H and O–H groups in total. The van der Waals surface area contributed by atoms with Crippen LogP contribution in [0.25, 0.3) is 23.0 Å². The largest absolute Gasteiger partial charge is 0.348 e. The third-order valence-electron chi connectivity index (χ3n) is 5.19. The van der Waals surface area contributed by atoms with Gasteiger partial charge in [0.25, 0.3) is 5.91 Å². The van der Waals surface area contributed by atoms with Gasteiger partial charge >= 0.3 is 0 Å². The standard InChI is InChI=1S/C27H25N5O2/c1-31(2)27(34)21-12-10-20(11-13-21)17-29-25(33)15-14-23-19-32(24-8-4-3-5-9-24)30-26(23)22-7-6-16-28-18-22/h3-16,18-19H,17H2,1-2H3,(H,29,33)/b15-14+. The molecule has 0 fully saturated rings. The number of amides is 2. The van der Waals surface area contributed by atoms with Crippen LogP contribution in [0.5, 0.6) is 0 Å². The number of hydrogen-bond donors (Lipinski definition) is 1. The Labute approximate surface area is 198 Å². The summed E-state index contributed by atoms with van der Waals surface area (Å²) in [6.45, 7) is 0.359. The minimum absolute atomic E-state index is 0.0565. The van der Waals surface area contributed by atoms with E-state index < -0.39 is 0 Å². The molecular formula is C27H25N5O2. The minimum Gasteiger partial charge on any atom is -0.348 e. The maximum Gasteiger partial charge on any atom is 0.253 e. The second-order valence-corrected chi connectivity index (χ2v) is 7.90. The van der Waals surface area contributed by atoms with E-state index in [0.717, 1.165) is 28.1 Å². The Hall–Kier alpha value is -4.52. The Morgan fingerprint density at radius 3 is 2.44 bits per heavy atom. The number of carbonyl (C=O) groups excluding carboxylic acids is 2. The molecular weight excluding hydrogens is 426 g/mol. The molecule has 0 spiro atoms. The zero-order valence-corrected chi connectivity index (χ0v) is 19.1. The van der Waals surface area contributed by atoms with Crippen LogP contribution >= 0.6 is 0 Å². The van der Waals surface area contributed by atoms with Crippen LogP contribution in [0.2, 0.25) is 0 Å². The number of benzene rings is 2. The van der Waals surface area contributed by atoms with E-state index in [-0.39, 0.29) is 11.8 Å². The van der Waals surface area contributed by atoms with Crippen molar-refractivity contribution < 1.29 is 9.59 Å². The predicted molar refractivity (Wildman–Crippen MR) is 132 cm³/mol. The highest BCUT2D eigenvalue weighted by Gasteiger charge is 2.11. The van der Waals surface area contributed by atoms with E-state index in [2.05, 4.69) is 10.3 Å². The summed E-state index contributed by atoms with van der Waals surface area (Å²) in [7, 11) is 3.43. The van der Waals surface area contributed by atoms with Crippen molar-refractivity contribution in [3.05, 3.63) is 108 Å². The molecule has 2 heterocycles. The molecule has 0 saturated heterocycles. The van der Waals surface area contributed by atoms with E-state index in [4.69, 9.17) is 5.10 Å². The highest BCUT2D eigenvalue weighted by molar-refractivity contribution is 5.94. The van der Waals surface area contributed by atoms with Gasteiger partial charge in [-0.3, -0.25) is 14.6 Å². The summed E-state index contributed by atoms with van der Waals surface area (Å²) >= 11 is 0. The fourth-order valence-electron chi connectivity index (χ4n) is 3.39. The van der Waals surface area contributed by atoms with Crippen LogP contribution in [-0.4, -0.2) is 45.6 Å². The number of pyridine rings is 1. The lowest BCUT2D eigenvalue weighted by atomic mass is 10.1. The van der Waals surface area contributed by atoms with Crippen LogP contribution in [-0.2, 0) is 11.3 Å². The van der Waals surface area contributed by atoms with Gasteiger partial charge in [0.1, 0.15) is 5.69 Å². The number of nitrogens with one attached hydrogen (secondary N) is 1. The van der Waals surface area contributed by atoms with Crippen molar-refractivity contribution in [1.82, 2.24) is 25.0 Å². The molecule has 34 heavy (non-hydrogen) atoms. The Bertz CT molecular complexity index is 1290. The topological polar surface area (TPSA) is 80.1 Å². The molecule has 0 unspecified atom stereocenters. The summed E-state index contributed by atoms with van der Waals surface area (Å²) in [5.41, 5.74) is 4.85. The maximum absolute atomic E-state index is 12.5. The van der Waals surface area contributed by atoms with Crippen molar-refractivity contribution in [1.29, 1.82) is 0 Å². The van der Waals surface area contributed by atoms with Crippen LogP contribution in [0.15, 0.2) is 91.4 Å². The van der Waals surface area contributed by atoms with Crippen molar-refractivity contribution >= 4 is 17.9 Å². The molecule has 7 heteroatoms. The first-order valence-corrected chi connectivity index (χ1v) is 10.8. The molecule has 2 aromatic carbocycles. The zero-order valence-electron chi connectivity index (χ0n) is 19.1. The van der Waals surface area contributed by atoms with E-state index in [9.17, 15) is 9.59 Å². The second kappa shape index (κ2) is 10.4. The van der Waals surface area contributed by atoms with Crippen molar-refractivity contribution in [3.63, 3.8) is 0 Å². The lowest BCUT2D eigenvalue weighted by Crippen LogP contribution is -2.22. The summed E-state index contributed by atoms with van der Waals surface area (Å²) in [5, 5.41) is 7.60. The van der Waals surface area contributed by atoms with Crippen molar-refractivity contribution in [2.24, 2.45) is 0 Å². The molecule has 0 aliphatic heterocycles. The maximum atomic E-state index is 12.5. The van der Waals surface area contributed by atoms with Crippen molar-refractivity contribution in [2.75, 3.05) is 14.1 Å². The van der Waals surface area contributed by atoms with Gasteiger partial charge in [0, 0.05) is 62.0 Å². The first kappa shape index (κ1) is 22.7. The quantitative estimate of drug-likeness (QED) is 0.431. The van der Waals surface area contributed by atoms with E-state index in [1.807, 2.05) is 60.8 Å². The molecule has 4 rings (SSSR count). The van der Waals surface area contributed by atoms with Crippen LogP contribution in [0.3, 0.4) is 0 Å². The normalized spacial score (nSPS) is 10.9. The van der Waals surface area contributed by atoms with Crippen LogP contribution in [0.1, 0.15) is 21.5 Å². The summed E-state index contributed by atoms with van der Waals surface area (Å²) in [6, 6.07) is 20.8. The summed E-state index contributed by atoms with van der Waals surface area (Å²) in [5.74, 6) is -0.281. The highest BCUT2D eigenvalue weighted by atomic mass is 16.2. The predicted octanol–water partition coefficient (Wildman–Crippen LogP) is 3.97. The summed E-state index contributed by atoms with van der Waals surface area (Å²) < 4.78 is 1.79. The van der Waals surface area contributed by atoms with Gasteiger partial charge < -0.3 is 10.2 Å². The van der Waals surface area contributed by atoms with Gasteiger partial charge in [-0.1, -0.05) is 30.3 Å². The van der Waals surface area contributed by atoms with E-state index in [0.29, 0.717) is 12.1 Å². The minimum atomic E-state index is -0.224. The highest BCUT2D eigenvalue weighted by Crippen LogP contribution is 2.24. The molecule has 170 valence electrons. The first-order valence-electron chi connectivity index (χ1n) is 10.8. The molecule has 0 saturated carbocycles. The first-order chi connectivity index (χ1) is 16.5. The van der Waals surface area contributed by atoms with Gasteiger partial charge in [-0.25, -0.2) is 4.68 Å². The summed E-state index contributed by atoms with van der Waals surface area (Å²) in [6.07, 6.45) is 8.60. The van der Waals surface area contributed by atoms with Gasteiger partial charge in [0.05, 0.1) is 5.69 Å². The smallest absolute Gasteiger partial charge is 0.253 e. The van der Waals surface area contributed by atoms with Gasteiger partial charge in [-0.15, -0.1) is 0 Å². The Balaban J connectivity index is 1.47. The van der Waals surface area contributed by atoms with Crippen LogP contribution < -0.4 is 5.32 Å². The molecule has 0 atom stereocenters. The molecule has 4 aromatic rings. The molecule has 0 aliphatic carbocycles. The number of rotatable bonds is 7. The van der Waals surface area contributed by atoms with E-state index in [1.54, 1.807) is 49.4 Å². The number of nitrogens with zero attached hydrogens (tertiary/aromatic N) is 4. The average molecular weight is 452 g/mol. The number of hydrogen-bond acceptors (Lipinski definition) is 4. The molecule has 2 aromatic heterocycles. The zero-order chi connectivity index (χ0) is 23.9. The molecule has 0 radical (unpaired) electrons. The average Bonchev–Trinajstić information content (AvgIpc) is 3.31. The van der Waals surface area contributed by atoms with Gasteiger partial charge in [-0.2, -0.15) is 5.10 Å². The third kappa shape index (κ3) is 5.45. The van der Waals surface area contributed by atoms with Crippen molar-refractivity contribution in [2.45, 2.75) is 6.54 Å². The lowest BCUT2D eigenvalue weighted by molar-refractivity contribution is -0.116. The van der Waals surface area contributed by atoms with E-state index >= 15 is 0 Å². The van der Waals surface area contributed by atoms with E-state index in [1.165, 1.54) is 11.0 Å². The molecule has 0 aliphatic rings. The second-order valence-electron chi connectivity index (χ2n) is 7.90. The fraction of sp³-hybridized carbons (Fsp3) is 0.111. The summed E-state index contributed by atoms with van der Waals surface area (Å²) in [4.78, 5) is 30.2. The van der Waals surface area contributed by atoms with Crippen LogP contribution in [0, 0.1) is 0 Å². The Morgan fingerprint density at radius 1 is 1.00 bits per heavy atom. The molecule has 7 nitrogen and oxygen atoms in total. The van der Waals surface area contributed by atoms with Gasteiger partial charge in [0.15, 0.2) is 0 Å². The number of aromatic nitrogens is 3. The Kier molecular flexibility index (Phi) is 6.93. The Morgan fingerprint density at radius 2 is 1.76 bits per heavy atom. The SMILES string of the molecule is CN(C)C(=O)c1ccc(CNC(=O)/C=C/c2cn(-c3ccccc3)nc2-c2cccnc2)cc1. The monoisotopic (exact) mass is 451 g/mol. The van der Waals surface area contributed by atoms with Crippen LogP contribution in [0.4, 0.5) is 0 Å². The molecule has 2 amide bonds. The van der Waals surface area contributed by atoms with Crippen molar-refractivity contribution in [3.8, 4) is 16.9 Å². The third-order valence-corrected chi connectivity index (χ3v) is 5.19. The van der Waals surface area contributed by atoms with Gasteiger partial charge in [-0.05, 0) is 48.0 Å².